The van der Waals surface area contributed by atoms with E-state index in [1.807, 2.05) is 43.3 Å². The molecule has 0 heterocycles. The first-order valence-corrected chi connectivity index (χ1v) is 8.70. The van der Waals surface area contributed by atoms with Crippen molar-refractivity contribution < 1.29 is 13.5 Å². The topological polar surface area (TPSA) is 82.3 Å². The van der Waals surface area contributed by atoms with E-state index in [9.17, 15) is 8.42 Å². The summed E-state index contributed by atoms with van der Waals surface area (Å²) in [5.41, 5.74) is 2.35. The van der Waals surface area contributed by atoms with Gasteiger partial charge in [0.1, 0.15) is 0 Å². The maximum atomic E-state index is 11.8. The van der Waals surface area contributed by atoms with E-state index in [1.165, 1.54) is 12.1 Å². The third-order valence-corrected chi connectivity index (χ3v) is 4.91. The summed E-state index contributed by atoms with van der Waals surface area (Å²) in [7, 11) is 0.488. The van der Waals surface area contributed by atoms with Crippen LogP contribution in [0.5, 0.6) is 0 Å². The third kappa shape index (κ3) is 4.61. The van der Waals surface area contributed by atoms with Crippen LogP contribution in [0.2, 0.25) is 0 Å². The molecular formula is C16H19N3O3S. The molecule has 0 bridgehead atoms. The summed E-state index contributed by atoms with van der Waals surface area (Å²) in [5.74, 6) is -0.286. The molecule has 0 radical (unpaired) electrons. The van der Waals surface area contributed by atoms with Crippen LogP contribution in [0.4, 0.5) is 17.1 Å². The minimum atomic E-state index is -3.43. The molecule has 0 unspecified atom stereocenters. The summed E-state index contributed by atoms with van der Waals surface area (Å²) in [6.07, 6.45) is 0. The first kappa shape index (κ1) is 17.1. The molecule has 0 amide bonds. The Hall–Kier alpha value is -2.25. The lowest BCUT2D eigenvalue weighted by Crippen LogP contribution is -2.09. The van der Waals surface area contributed by atoms with E-state index in [0.29, 0.717) is 11.4 Å². The minimum Gasteiger partial charge on any atom is -0.395 e. The maximum Gasteiger partial charge on any atom is 0.180 e. The van der Waals surface area contributed by atoms with E-state index in [4.69, 9.17) is 5.11 Å². The normalized spacial score (nSPS) is 11.8. The Morgan fingerprint density at radius 1 is 0.913 bits per heavy atom. The van der Waals surface area contributed by atoms with Crippen molar-refractivity contribution in [2.24, 2.45) is 10.2 Å². The Bertz CT molecular complexity index is 767. The number of hydrogen-bond donors (Lipinski definition) is 1. The molecule has 2 aromatic rings. The summed E-state index contributed by atoms with van der Waals surface area (Å²) >= 11 is 0. The average Bonchev–Trinajstić information content (AvgIpc) is 2.53. The van der Waals surface area contributed by atoms with Gasteiger partial charge < -0.3 is 10.0 Å². The number of benzene rings is 2. The van der Waals surface area contributed by atoms with Crippen LogP contribution < -0.4 is 4.90 Å². The third-order valence-electron chi connectivity index (χ3n) is 3.20. The standard InChI is InChI=1S/C16H19N3O3S/c1-19(2)15-7-3-13(4-8-15)17-18-14-5-9-16(10-6-14)23(21,22)12-11-20/h3-10,20H,11-12H2,1-2H3. The molecular weight excluding hydrogens is 314 g/mol. The van der Waals surface area contributed by atoms with E-state index in [-0.39, 0.29) is 10.6 Å². The van der Waals surface area contributed by atoms with Crippen LogP contribution in [0.1, 0.15) is 0 Å². The van der Waals surface area contributed by atoms with E-state index >= 15 is 0 Å². The van der Waals surface area contributed by atoms with Crippen molar-refractivity contribution >= 4 is 26.9 Å². The molecule has 2 rings (SSSR count). The van der Waals surface area contributed by atoms with Crippen molar-refractivity contribution in [3.63, 3.8) is 0 Å². The second-order valence-electron chi connectivity index (χ2n) is 5.15. The van der Waals surface area contributed by atoms with Crippen molar-refractivity contribution in [2.45, 2.75) is 4.90 Å². The smallest absolute Gasteiger partial charge is 0.180 e. The maximum absolute atomic E-state index is 11.8. The number of rotatable bonds is 6. The van der Waals surface area contributed by atoms with Gasteiger partial charge >= 0.3 is 0 Å². The second-order valence-corrected chi connectivity index (χ2v) is 7.26. The molecule has 0 aliphatic rings. The van der Waals surface area contributed by atoms with Gasteiger partial charge in [-0.3, -0.25) is 0 Å². The number of hydrogen-bond acceptors (Lipinski definition) is 6. The molecule has 122 valence electrons. The predicted octanol–water partition coefficient (Wildman–Crippen LogP) is 2.93. The van der Waals surface area contributed by atoms with Crippen molar-refractivity contribution in [1.29, 1.82) is 0 Å². The van der Waals surface area contributed by atoms with E-state index in [1.54, 1.807) is 12.1 Å². The summed E-state index contributed by atoms with van der Waals surface area (Å²) in [6.45, 7) is -0.396. The zero-order valence-electron chi connectivity index (χ0n) is 13.0. The lowest BCUT2D eigenvalue weighted by Gasteiger charge is -2.11. The van der Waals surface area contributed by atoms with Crippen LogP contribution in [0, 0.1) is 0 Å². The number of sulfone groups is 1. The van der Waals surface area contributed by atoms with Crippen LogP contribution in [0.25, 0.3) is 0 Å². The molecule has 0 saturated heterocycles. The fourth-order valence-electron chi connectivity index (χ4n) is 1.89. The average molecular weight is 333 g/mol. The molecule has 6 nitrogen and oxygen atoms in total. The highest BCUT2D eigenvalue weighted by atomic mass is 32.2. The van der Waals surface area contributed by atoms with Gasteiger partial charge in [0.15, 0.2) is 9.84 Å². The zero-order valence-corrected chi connectivity index (χ0v) is 13.9. The largest absolute Gasteiger partial charge is 0.395 e. The van der Waals surface area contributed by atoms with Crippen molar-refractivity contribution in [1.82, 2.24) is 0 Å². The quantitative estimate of drug-likeness (QED) is 0.824. The van der Waals surface area contributed by atoms with Gasteiger partial charge in [-0.15, -0.1) is 0 Å². The fraction of sp³-hybridized carbons (Fsp3) is 0.250. The highest BCUT2D eigenvalue weighted by Gasteiger charge is 2.12. The Kier molecular flexibility index (Phi) is 5.46. The molecule has 0 spiro atoms. The molecule has 7 heteroatoms. The first-order chi connectivity index (χ1) is 10.9. The molecule has 0 aliphatic carbocycles. The van der Waals surface area contributed by atoms with Gasteiger partial charge in [-0.05, 0) is 48.5 Å². The Morgan fingerprint density at radius 2 is 1.39 bits per heavy atom. The first-order valence-electron chi connectivity index (χ1n) is 7.05. The van der Waals surface area contributed by atoms with Gasteiger partial charge in [0.2, 0.25) is 0 Å². The second kappa shape index (κ2) is 7.34. The molecule has 0 aromatic heterocycles. The number of anilines is 1. The number of aliphatic hydroxyl groups is 1. The molecule has 23 heavy (non-hydrogen) atoms. The summed E-state index contributed by atoms with van der Waals surface area (Å²) < 4.78 is 23.6. The summed E-state index contributed by atoms with van der Waals surface area (Å²) in [4.78, 5) is 2.16. The van der Waals surface area contributed by atoms with Crippen LogP contribution in [-0.2, 0) is 9.84 Å². The van der Waals surface area contributed by atoms with Gasteiger partial charge in [-0.25, -0.2) is 8.42 Å². The number of nitrogens with zero attached hydrogens (tertiary/aromatic N) is 3. The van der Waals surface area contributed by atoms with Crippen molar-refractivity contribution in [3.8, 4) is 0 Å². The molecule has 0 aliphatic heterocycles. The lowest BCUT2D eigenvalue weighted by atomic mass is 10.3. The molecule has 2 aromatic carbocycles. The Labute approximate surface area is 136 Å². The van der Waals surface area contributed by atoms with Gasteiger partial charge in [0.05, 0.1) is 28.6 Å². The molecule has 0 atom stereocenters. The van der Waals surface area contributed by atoms with Crippen LogP contribution >= 0.6 is 0 Å². The lowest BCUT2D eigenvalue weighted by molar-refractivity contribution is 0.319. The highest BCUT2D eigenvalue weighted by Crippen LogP contribution is 2.22. The van der Waals surface area contributed by atoms with E-state index < -0.39 is 16.4 Å². The van der Waals surface area contributed by atoms with Gasteiger partial charge in [0, 0.05) is 19.8 Å². The molecule has 0 fully saturated rings. The zero-order chi connectivity index (χ0) is 16.9. The van der Waals surface area contributed by atoms with E-state index in [0.717, 1.165) is 5.69 Å². The predicted molar refractivity (Wildman–Crippen MR) is 90.5 cm³/mol. The fourth-order valence-corrected chi connectivity index (χ4v) is 2.92. The van der Waals surface area contributed by atoms with Crippen molar-refractivity contribution in [2.75, 3.05) is 31.4 Å². The minimum absolute atomic E-state index is 0.167. The van der Waals surface area contributed by atoms with Crippen molar-refractivity contribution in [3.05, 3.63) is 48.5 Å². The SMILES string of the molecule is CN(C)c1ccc(N=Nc2ccc(S(=O)(=O)CCO)cc2)cc1. The molecule has 0 saturated carbocycles. The van der Waals surface area contributed by atoms with Gasteiger partial charge in [-0.2, -0.15) is 10.2 Å². The van der Waals surface area contributed by atoms with Gasteiger partial charge in [0.25, 0.3) is 0 Å². The molecule has 1 N–H and O–H groups in total. The van der Waals surface area contributed by atoms with Crippen LogP contribution in [0.15, 0.2) is 63.7 Å². The summed E-state index contributed by atoms with van der Waals surface area (Å²) in [6, 6.07) is 13.7. The van der Waals surface area contributed by atoms with Crippen LogP contribution in [0.3, 0.4) is 0 Å². The number of azo groups is 1. The Morgan fingerprint density at radius 3 is 1.83 bits per heavy atom. The Balaban J connectivity index is 2.11. The summed E-state index contributed by atoms with van der Waals surface area (Å²) in [5, 5.41) is 17.0. The van der Waals surface area contributed by atoms with Crippen LogP contribution in [-0.4, -0.2) is 40.0 Å². The van der Waals surface area contributed by atoms with E-state index in [2.05, 4.69) is 10.2 Å². The van der Waals surface area contributed by atoms with Gasteiger partial charge in [-0.1, -0.05) is 0 Å². The monoisotopic (exact) mass is 333 g/mol. The highest BCUT2D eigenvalue weighted by molar-refractivity contribution is 7.91. The number of aliphatic hydroxyl groups excluding tert-OH is 1.